The van der Waals surface area contributed by atoms with Gasteiger partial charge in [0.25, 0.3) is 0 Å². The van der Waals surface area contributed by atoms with Crippen LogP contribution in [-0.4, -0.2) is 74.7 Å². The Labute approximate surface area is 103 Å². The van der Waals surface area contributed by atoms with Crippen LogP contribution in [0.25, 0.3) is 0 Å². The van der Waals surface area contributed by atoms with Crippen molar-refractivity contribution in [2.45, 2.75) is 24.9 Å². The highest BCUT2D eigenvalue weighted by Crippen LogP contribution is 2.14. The molecule has 1 N–H and O–H groups in total. The van der Waals surface area contributed by atoms with Gasteiger partial charge in [0.05, 0.1) is 13.2 Å². The van der Waals surface area contributed by atoms with Crippen molar-refractivity contribution in [1.29, 1.82) is 0 Å². The number of morpholine rings is 1. The Balaban J connectivity index is 1.89. The SMILES string of the molecule is CN1CCCC(N(C)C(=O)C2COCCN2)C1. The van der Waals surface area contributed by atoms with Crippen LogP contribution in [0.2, 0.25) is 0 Å². The second kappa shape index (κ2) is 5.80. The summed E-state index contributed by atoms with van der Waals surface area (Å²) >= 11 is 0. The fourth-order valence-electron chi connectivity index (χ4n) is 2.61. The molecule has 0 aromatic rings. The minimum Gasteiger partial charge on any atom is -0.378 e. The minimum atomic E-state index is -0.152. The standard InChI is InChI=1S/C12H23N3O2/c1-14-6-3-4-10(8-14)15(2)12(16)11-9-17-7-5-13-11/h10-11,13H,3-9H2,1-2H3. The highest BCUT2D eigenvalue weighted by Gasteiger charge is 2.30. The summed E-state index contributed by atoms with van der Waals surface area (Å²) in [4.78, 5) is 16.5. The highest BCUT2D eigenvalue weighted by atomic mass is 16.5. The molecule has 1 amide bonds. The molecule has 98 valence electrons. The quantitative estimate of drug-likeness (QED) is 0.710. The lowest BCUT2D eigenvalue weighted by atomic mass is 10.0. The van der Waals surface area contributed by atoms with Crippen LogP contribution in [0.3, 0.4) is 0 Å². The molecule has 0 spiro atoms. The lowest BCUT2D eigenvalue weighted by molar-refractivity contribution is -0.138. The first kappa shape index (κ1) is 12.8. The maximum atomic E-state index is 12.3. The van der Waals surface area contributed by atoms with Crippen molar-refractivity contribution in [2.75, 3.05) is 46.9 Å². The molecule has 2 aliphatic heterocycles. The van der Waals surface area contributed by atoms with E-state index in [2.05, 4.69) is 17.3 Å². The van der Waals surface area contributed by atoms with E-state index >= 15 is 0 Å². The third kappa shape index (κ3) is 3.18. The number of ether oxygens (including phenoxy) is 1. The molecule has 0 aromatic carbocycles. The average molecular weight is 241 g/mol. The number of rotatable bonds is 2. The number of amides is 1. The Morgan fingerprint density at radius 2 is 2.35 bits per heavy atom. The molecule has 0 aliphatic carbocycles. The Morgan fingerprint density at radius 3 is 3.00 bits per heavy atom. The number of carbonyl (C=O) groups is 1. The maximum absolute atomic E-state index is 12.3. The van der Waals surface area contributed by atoms with Gasteiger partial charge in [0.2, 0.25) is 5.91 Å². The van der Waals surface area contributed by atoms with Crippen molar-refractivity contribution in [3.8, 4) is 0 Å². The van der Waals surface area contributed by atoms with Crippen LogP contribution in [0.4, 0.5) is 0 Å². The molecular weight excluding hydrogens is 218 g/mol. The third-order valence-electron chi connectivity index (χ3n) is 3.71. The van der Waals surface area contributed by atoms with Crippen molar-refractivity contribution in [2.24, 2.45) is 0 Å². The number of nitrogens with zero attached hydrogens (tertiary/aromatic N) is 2. The van der Waals surface area contributed by atoms with Crippen LogP contribution in [0.1, 0.15) is 12.8 Å². The van der Waals surface area contributed by atoms with E-state index in [0.717, 1.165) is 26.1 Å². The molecule has 2 fully saturated rings. The van der Waals surface area contributed by atoms with E-state index in [-0.39, 0.29) is 11.9 Å². The summed E-state index contributed by atoms with van der Waals surface area (Å²) in [6.07, 6.45) is 2.29. The van der Waals surface area contributed by atoms with Crippen LogP contribution in [-0.2, 0) is 9.53 Å². The highest BCUT2D eigenvalue weighted by molar-refractivity contribution is 5.82. The Hall–Kier alpha value is -0.650. The summed E-state index contributed by atoms with van der Waals surface area (Å²) in [5.74, 6) is 0.171. The second-order valence-corrected chi connectivity index (χ2v) is 5.09. The van der Waals surface area contributed by atoms with Gasteiger partial charge in [0.1, 0.15) is 6.04 Å². The number of hydrogen-bond donors (Lipinski definition) is 1. The summed E-state index contributed by atoms with van der Waals surface area (Å²) < 4.78 is 5.34. The molecule has 5 nitrogen and oxygen atoms in total. The zero-order valence-corrected chi connectivity index (χ0v) is 10.8. The van der Waals surface area contributed by atoms with E-state index in [9.17, 15) is 4.79 Å². The fourth-order valence-corrected chi connectivity index (χ4v) is 2.61. The van der Waals surface area contributed by atoms with Gasteiger partial charge in [-0.15, -0.1) is 0 Å². The molecule has 0 aromatic heterocycles. The molecule has 2 unspecified atom stereocenters. The molecule has 5 heteroatoms. The molecular formula is C12H23N3O2. The number of hydrogen-bond acceptors (Lipinski definition) is 4. The molecule has 17 heavy (non-hydrogen) atoms. The van der Waals surface area contributed by atoms with Gasteiger partial charge in [-0.2, -0.15) is 0 Å². The van der Waals surface area contributed by atoms with Crippen LogP contribution in [0.15, 0.2) is 0 Å². The smallest absolute Gasteiger partial charge is 0.242 e. The minimum absolute atomic E-state index is 0.152. The van der Waals surface area contributed by atoms with Gasteiger partial charge in [-0.25, -0.2) is 0 Å². The van der Waals surface area contributed by atoms with Crippen molar-refractivity contribution in [3.63, 3.8) is 0 Å². The molecule has 0 bridgehead atoms. The van der Waals surface area contributed by atoms with Gasteiger partial charge < -0.3 is 19.9 Å². The van der Waals surface area contributed by atoms with Gasteiger partial charge in [0, 0.05) is 26.2 Å². The van der Waals surface area contributed by atoms with Gasteiger partial charge >= 0.3 is 0 Å². The molecule has 2 atom stereocenters. The maximum Gasteiger partial charge on any atom is 0.242 e. The number of likely N-dealkylation sites (tertiary alicyclic amines) is 1. The zero-order valence-electron chi connectivity index (χ0n) is 10.8. The first-order valence-corrected chi connectivity index (χ1v) is 6.45. The first-order valence-electron chi connectivity index (χ1n) is 6.45. The van der Waals surface area contributed by atoms with Crippen LogP contribution < -0.4 is 5.32 Å². The lowest BCUT2D eigenvalue weighted by Gasteiger charge is -2.38. The van der Waals surface area contributed by atoms with Crippen molar-refractivity contribution >= 4 is 5.91 Å². The van der Waals surface area contributed by atoms with Gasteiger partial charge in [0.15, 0.2) is 0 Å². The number of nitrogens with one attached hydrogen (secondary N) is 1. The van der Waals surface area contributed by atoms with Crippen LogP contribution >= 0.6 is 0 Å². The molecule has 2 rings (SSSR count). The molecule has 2 aliphatic rings. The first-order chi connectivity index (χ1) is 8.18. The van der Waals surface area contributed by atoms with Crippen molar-refractivity contribution in [3.05, 3.63) is 0 Å². The van der Waals surface area contributed by atoms with E-state index in [0.29, 0.717) is 19.3 Å². The van der Waals surface area contributed by atoms with E-state index in [1.807, 2.05) is 11.9 Å². The predicted molar refractivity (Wildman–Crippen MR) is 65.9 cm³/mol. The van der Waals surface area contributed by atoms with Crippen molar-refractivity contribution in [1.82, 2.24) is 15.1 Å². The largest absolute Gasteiger partial charge is 0.378 e. The van der Waals surface area contributed by atoms with E-state index in [1.54, 1.807) is 0 Å². The van der Waals surface area contributed by atoms with Gasteiger partial charge in [-0.1, -0.05) is 0 Å². The van der Waals surface area contributed by atoms with Crippen LogP contribution in [0, 0.1) is 0 Å². The van der Waals surface area contributed by atoms with E-state index < -0.39 is 0 Å². The Morgan fingerprint density at radius 1 is 1.53 bits per heavy atom. The zero-order chi connectivity index (χ0) is 12.3. The lowest BCUT2D eigenvalue weighted by Crippen LogP contribution is -2.56. The van der Waals surface area contributed by atoms with E-state index in [4.69, 9.17) is 4.74 Å². The Bertz CT molecular complexity index is 266. The van der Waals surface area contributed by atoms with E-state index in [1.165, 1.54) is 6.42 Å². The normalized spacial score (nSPS) is 31.2. The molecule has 2 heterocycles. The van der Waals surface area contributed by atoms with Crippen LogP contribution in [0.5, 0.6) is 0 Å². The average Bonchev–Trinajstić information content (AvgIpc) is 2.38. The number of piperidine rings is 1. The fraction of sp³-hybridized carbons (Fsp3) is 0.917. The predicted octanol–water partition coefficient (Wildman–Crippen LogP) is -0.473. The van der Waals surface area contributed by atoms with Crippen molar-refractivity contribution < 1.29 is 9.53 Å². The summed E-state index contributed by atoms with van der Waals surface area (Å²) in [6.45, 7) is 4.11. The third-order valence-corrected chi connectivity index (χ3v) is 3.71. The summed E-state index contributed by atoms with van der Waals surface area (Å²) in [6, 6.07) is 0.200. The van der Waals surface area contributed by atoms with Gasteiger partial charge in [-0.3, -0.25) is 4.79 Å². The molecule has 0 saturated carbocycles. The summed E-state index contributed by atoms with van der Waals surface area (Å²) in [7, 11) is 4.04. The van der Waals surface area contributed by atoms with Gasteiger partial charge in [-0.05, 0) is 26.4 Å². The Kier molecular flexibility index (Phi) is 4.36. The molecule has 0 radical (unpaired) electrons. The monoisotopic (exact) mass is 241 g/mol. The summed E-state index contributed by atoms with van der Waals surface area (Å²) in [5, 5.41) is 3.22. The molecule has 2 saturated heterocycles. The number of likely N-dealkylation sites (N-methyl/N-ethyl adjacent to an activating group) is 2. The summed E-state index contributed by atoms with van der Waals surface area (Å²) in [5.41, 5.74) is 0. The topological polar surface area (TPSA) is 44.8 Å². The second-order valence-electron chi connectivity index (χ2n) is 5.09. The number of carbonyl (C=O) groups excluding carboxylic acids is 1.